The van der Waals surface area contributed by atoms with Crippen molar-refractivity contribution in [1.82, 2.24) is 0 Å². The van der Waals surface area contributed by atoms with E-state index in [1.54, 1.807) is 0 Å². The normalized spacial score (nSPS) is 13.1. The van der Waals surface area contributed by atoms with E-state index in [0.29, 0.717) is 19.3 Å². The Morgan fingerprint density at radius 3 is 0.797 bits per heavy atom. The second kappa shape index (κ2) is 47.9. The summed E-state index contributed by atoms with van der Waals surface area (Å²) in [6.45, 7) is 10.2. The van der Waals surface area contributed by atoms with Gasteiger partial charge in [0.15, 0.2) is 0 Å². The van der Waals surface area contributed by atoms with Crippen LogP contribution in [0, 0.1) is 11.8 Å². The van der Waals surface area contributed by atoms with Gasteiger partial charge in [0, 0.05) is 7.11 Å². The molecule has 0 fully saturated rings. The number of carbonyl (C=O) groups excluding carboxylic acids is 2. The minimum Gasteiger partial charge on any atom is -0.465 e. The average molecular weight is 835 g/mol. The minimum absolute atomic E-state index is 0.0802. The Kier molecular flexibility index (Phi) is 47.0. The number of hydrogen-bond donors (Lipinski definition) is 0. The Morgan fingerprint density at radius 2 is 0.525 bits per heavy atom. The molecule has 0 aromatic carbocycles. The monoisotopic (exact) mass is 835 g/mol. The van der Waals surface area contributed by atoms with Gasteiger partial charge in [-0.2, -0.15) is 0 Å². The van der Waals surface area contributed by atoms with Gasteiger partial charge in [-0.05, 0) is 51.4 Å². The lowest BCUT2D eigenvalue weighted by molar-refractivity contribution is -0.150. The Balaban J connectivity index is 3.84. The SMILES string of the molecule is CCCCCCCCC(CCCCCC)C(=O)OCCCCCCCCCCCC(CCCCCCCCCOC(=O)C(CCCCCC)CCCCCCCC)OC. The minimum atomic E-state index is 0.0802. The van der Waals surface area contributed by atoms with Crippen LogP contribution < -0.4 is 0 Å². The van der Waals surface area contributed by atoms with E-state index >= 15 is 0 Å². The third-order valence-electron chi connectivity index (χ3n) is 13.0. The van der Waals surface area contributed by atoms with Crippen LogP contribution in [0.15, 0.2) is 0 Å². The van der Waals surface area contributed by atoms with Crippen LogP contribution in [-0.4, -0.2) is 38.4 Å². The van der Waals surface area contributed by atoms with Gasteiger partial charge in [0.25, 0.3) is 0 Å². The molecule has 0 bridgehead atoms. The second-order valence-corrected chi connectivity index (χ2v) is 18.6. The predicted molar refractivity (Wildman–Crippen MR) is 256 cm³/mol. The van der Waals surface area contributed by atoms with Gasteiger partial charge in [0.1, 0.15) is 0 Å². The number of carbonyl (C=O) groups is 2. The largest absolute Gasteiger partial charge is 0.465 e. The molecule has 0 aliphatic heterocycles. The molecule has 0 amide bonds. The van der Waals surface area contributed by atoms with E-state index in [9.17, 15) is 9.59 Å². The first-order valence-electron chi connectivity index (χ1n) is 26.9. The summed E-state index contributed by atoms with van der Waals surface area (Å²) in [5, 5.41) is 0. The first-order valence-corrected chi connectivity index (χ1v) is 26.9. The standard InChI is InChI=1S/C54H106O5/c1-6-10-14-18-28-36-44-50(42-34-16-12-8-3)53(55)58-48-40-32-26-22-20-21-24-30-38-46-52(57-5)47-39-31-25-23-27-33-41-49-59-54(56)51(43-35-17-13-9-4)45-37-29-19-15-11-7-2/h50-52H,6-49H2,1-5H3. The summed E-state index contributed by atoms with van der Waals surface area (Å²) in [7, 11) is 1.89. The summed E-state index contributed by atoms with van der Waals surface area (Å²) in [6.07, 6.45) is 52.1. The van der Waals surface area contributed by atoms with Gasteiger partial charge in [-0.25, -0.2) is 0 Å². The zero-order valence-electron chi connectivity index (χ0n) is 40.9. The summed E-state index contributed by atoms with van der Waals surface area (Å²) in [6, 6.07) is 0. The van der Waals surface area contributed by atoms with Gasteiger partial charge < -0.3 is 14.2 Å². The van der Waals surface area contributed by atoms with Crippen molar-refractivity contribution in [2.24, 2.45) is 11.8 Å². The number of methoxy groups -OCH3 is 1. The van der Waals surface area contributed by atoms with Crippen molar-refractivity contribution in [3.05, 3.63) is 0 Å². The lowest BCUT2D eigenvalue weighted by Crippen LogP contribution is -2.18. The summed E-state index contributed by atoms with van der Waals surface area (Å²) < 4.78 is 17.4. The molecule has 5 nitrogen and oxygen atoms in total. The van der Waals surface area contributed by atoms with Crippen molar-refractivity contribution in [1.29, 1.82) is 0 Å². The molecule has 0 aliphatic carbocycles. The van der Waals surface area contributed by atoms with Gasteiger partial charge in [-0.15, -0.1) is 0 Å². The molecule has 0 aromatic heterocycles. The smallest absolute Gasteiger partial charge is 0.308 e. The van der Waals surface area contributed by atoms with E-state index in [1.807, 2.05) is 7.11 Å². The molecule has 0 radical (unpaired) electrons. The highest BCUT2D eigenvalue weighted by molar-refractivity contribution is 5.72. The molecule has 0 rings (SSSR count). The zero-order chi connectivity index (χ0) is 43.1. The second-order valence-electron chi connectivity index (χ2n) is 18.6. The Labute approximate surface area is 370 Å². The van der Waals surface area contributed by atoms with Gasteiger partial charge >= 0.3 is 11.9 Å². The topological polar surface area (TPSA) is 61.8 Å². The van der Waals surface area contributed by atoms with Gasteiger partial charge in [-0.3, -0.25) is 9.59 Å². The average Bonchev–Trinajstić information content (AvgIpc) is 3.24. The molecule has 0 spiro atoms. The zero-order valence-corrected chi connectivity index (χ0v) is 40.9. The number of hydrogen-bond acceptors (Lipinski definition) is 5. The highest BCUT2D eigenvalue weighted by atomic mass is 16.5. The highest BCUT2D eigenvalue weighted by Crippen LogP contribution is 2.23. The predicted octanol–water partition coefficient (Wildman–Crippen LogP) is 17.8. The van der Waals surface area contributed by atoms with Gasteiger partial charge in [0.05, 0.1) is 31.2 Å². The summed E-state index contributed by atoms with van der Waals surface area (Å²) in [5.41, 5.74) is 0. The Hall–Kier alpha value is -1.10. The van der Waals surface area contributed by atoms with Crippen LogP contribution in [0.3, 0.4) is 0 Å². The molecule has 0 aromatic rings. The fourth-order valence-electron chi connectivity index (χ4n) is 8.77. The van der Waals surface area contributed by atoms with Crippen LogP contribution in [-0.2, 0) is 23.8 Å². The summed E-state index contributed by atoms with van der Waals surface area (Å²) >= 11 is 0. The van der Waals surface area contributed by atoms with Crippen LogP contribution in [0.5, 0.6) is 0 Å². The number of unbranched alkanes of at least 4 members (excludes halogenated alkanes) is 30. The maximum atomic E-state index is 12.9. The van der Waals surface area contributed by atoms with Crippen LogP contribution in [0.4, 0.5) is 0 Å². The molecular formula is C54H106O5. The van der Waals surface area contributed by atoms with Crippen LogP contribution in [0.2, 0.25) is 0 Å². The molecule has 0 saturated heterocycles. The van der Waals surface area contributed by atoms with E-state index < -0.39 is 0 Å². The summed E-state index contributed by atoms with van der Waals surface area (Å²) in [5.74, 6) is 0.405. The molecule has 5 heteroatoms. The first-order chi connectivity index (χ1) is 29.0. The van der Waals surface area contributed by atoms with E-state index in [0.717, 1.165) is 38.5 Å². The Morgan fingerprint density at radius 1 is 0.305 bits per heavy atom. The van der Waals surface area contributed by atoms with E-state index in [-0.39, 0.29) is 23.8 Å². The van der Waals surface area contributed by atoms with Crippen molar-refractivity contribution < 1.29 is 23.8 Å². The van der Waals surface area contributed by atoms with Gasteiger partial charge in [-0.1, -0.05) is 246 Å². The quantitative estimate of drug-likeness (QED) is 0.0451. The fraction of sp³-hybridized carbons (Fsp3) is 0.963. The molecule has 0 heterocycles. The molecule has 0 saturated carbocycles. The van der Waals surface area contributed by atoms with Crippen LogP contribution in [0.1, 0.15) is 297 Å². The third-order valence-corrected chi connectivity index (χ3v) is 13.0. The highest BCUT2D eigenvalue weighted by Gasteiger charge is 2.20. The summed E-state index contributed by atoms with van der Waals surface area (Å²) in [4.78, 5) is 25.8. The molecule has 0 N–H and O–H groups in total. The van der Waals surface area contributed by atoms with Crippen molar-refractivity contribution >= 4 is 11.9 Å². The van der Waals surface area contributed by atoms with Crippen molar-refractivity contribution in [2.75, 3.05) is 20.3 Å². The number of rotatable bonds is 49. The Bertz CT molecular complexity index is 845. The lowest BCUT2D eigenvalue weighted by atomic mass is 9.94. The first kappa shape index (κ1) is 57.9. The van der Waals surface area contributed by atoms with E-state index in [4.69, 9.17) is 14.2 Å². The molecule has 352 valence electrons. The van der Waals surface area contributed by atoms with Crippen LogP contribution >= 0.6 is 0 Å². The van der Waals surface area contributed by atoms with Crippen LogP contribution in [0.25, 0.3) is 0 Å². The van der Waals surface area contributed by atoms with E-state index in [1.165, 1.54) is 231 Å². The van der Waals surface area contributed by atoms with Crippen molar-refractivity contribution in [3.63, 3.8) is 0 Å². The third kappa shape index (κ3) is 40.7. The number of esters is 2. The maximum absolute atomic E-state index is 12.9. The molecule has 59 heavy (non-hydrogen) atoms. The molecule has 3 unspecified atom stereocenters. The van der Waals surface area contributed by atoms with E-state index in [2.05, 4.69) is 27.7 Å². The fourth-order valence-corrected chi connectivity index (χ4v) is 8.77. The van der Waals surface area contributed by atoms with Gasteiger partial charge in [0.2, 0.25) is 0 Å². The molecule has 0 aliphatic rings. The van der Waals surface area contributed by atoms with Crippen molar-refractivity contribution in [3.8, 4) is 0 Å². The number of ether oxygens (including phenoxy) is 3. The maximum Gasteiger partial charge on any atom is 0.308 e. The molecular weight excluding hydrogens is 729 g/mol. The molecule has 3 atom stereocenters. The van der Waals surface area contributed by atoms with Crippen molar-refractivity contribution in [2.45, 2.75) is 303 Å². The lowest BCUT2D eigenvalue weighted by Gasteiger charge is -2.16.